The quantitative estimate of drug-likeness (QED) is 0.778. The van der Waals surface area contributed by atoms with E-state index in [0.29, 0.717) is 0 Å². The van der Waals surface area contributed by atoms with Gasteiger partial charge in [-0.15, -0.1) is 5.10 Å². The molecule has 2 aromatic heterocycles. The fraction of sp³-hybridized carbons (Fsp3) is 0.300. The first-order chi connectivity index (χ1) is 7.88. The number of nitrogens with one attached hydrogen (secondary N) is 2. The van der Waals surface area contributed by atoms with E-state index in [-0.39, 0.29) is 0 Å². The molecule has 0 aliphatic heterocycles. The summed E-state index contributed by atoms with van der Waals surface area (Å²) in [5.74, 6) is 0. The van der Waals surface area contributed by atoms with Crippen LogP contribution in [-0.2, 0) is 6.54 Å². The minimum atomic E-state index is 0.782. The molecule has 0 unspecified atom stereocenters. The van der Waals surface area contributed by atoms with Gasteiger partial charge in [0.05, 0.1) is 36.5 Å². The number of hydrogen-bond acceptors (Lipinski definition) is 5. The molecule has 84 valence electrons. The van der Waals surface area contributed by atoms with Crippen molar-refractivity contribution in [3.05, 3.63) is 30.9 Å². The largest absolute Gasteiger partial charge is 0.387 e. The highest BCUT2D eigenvalue weighted by Crippen LogP contribution is 2.11. The van der Waals surface area contributed by atoms with Gasteiger partial charge >= 0.3 is 0 Å². The van der Waals surface area contributed by atoms with E-state index in [1.807, 2.05) is 19.3 Å². The number of aromatic nitrogens is 4. The Morgan fingerprint density at radius 1 is 1.31 bits per heavy atom. The average molecular weight is 218 g/mol. The van der Waals surface area contributed by atoms with Crippen LogP contribution in [0.4, 0.5) is 11.4 Å². The second kappa shape index (κ2) is 5.11. The summed E-state index contributed by atoms with van der Waals surface area (Å²) in [5, 5.41) is 13.9. The van der Waals surface area contributed by atoms with E-state index in [4.69, 9.17) is 0 Å². The first-order valence-corrected chi connectivity index (χ1v) is 5.09. The van der Waals surface area contributed by atoms with E-state index in [2.05, 4.69) is 25.9 Å². The minimum Gasteiger partial charge on any atom is -0.387 e. The molecule has 6 heteroatoms. The second-order valence-corrected chi connectivity index (χ2v) is 3.31. The van der Waals surface area contributed by atoms with Crippen LogP contribution in [0.2, 0.25) is 0 Å². The Hall–Kier alpha value is -2.11. The Balaban J connectivity index is 1.85. The monoisotopic (exact) mass is 218 g/mol. The van der Waals surface area contributed by atoms with Gasteiger partial charge in [0, 0.05) is 19.8 Å². The molecule has 0 saturated heterocycles. The maximum Gasteiger partial charge on any atom is 0.0692 e. The van der Waals surface area contributed by atoms with Crippen LogP contribution in [-0.4, -0.2) is 33.6 Å². The summed E-state index contributed by atoms with van der Waals surface area (Å²) in [6, 6.07) is 2.01. The van der Waals surface area contributed by atoms with E-state index < -0.39 is 0 Å². The maximum atomic E-state index is 4.11. The minimum absolute atomic E-state index is 0.782. The summed E-state index contributed by atoms with van der Waals surface area (Å²) >= 11 is 0. The number of pyridine rings is 1. The molecule has 6 nitrogen and oxygen atoms in total. The fourth-order valence-corrected chi connectivity index (χ4v) is 1.34. The zero-order valence-corrected chi connectivity index (χ0v) is 9.09. The van der Waals surface area contributed by atoms with Crippen molar-refractivity contribution in [2.75, 3.05) is 24.2 Å². The van der Waals surface area contributed by atoms with Gasteiger partial charge < -0.3 is 10.6 Å². The van der Waals surface area contributed by atoms with Crippen molar-refractivity contribution in [2.45, 2.75) is 6.54 Å². The van der Waals surface area contributed by atoms with Crippen molar-refractivity contribution in [1.29, 1.82) is 0 Å². The van der Waals surface area contributed by atoms with Crippen molar-refractivity contribution in [1.82, 2.24) is 20.0 Å². The van der Waals surface area contributed by atoms with Crippen LogP contribution in [0.25, 0.3) is 0 Å². The summed E-state index contributed by atoms with van der Waals surface area (Å²) in [4.78, 5) is 4.11. The molecule has 0 aromatic carbocycles. The third-order valence-corrected chi connectivity index (χ3v) is 2.17. The molecule has 0 spiro atoms. The lowest BCUT2D eigenvalue weighted by molar-refractivity contribution is 0.609. The molecule has 2 heterocycles. The Labute approximate surface area is 93.7 Å². The maximum absolute atomic E-state index is 4.11. The number of anilines is 2. The highest BCUT2D eigenvalue weighted by Gasteiger charge is 1.95. The second-order valence-electron chi connectivity index (χ2n) is 3.31. The lowest BCUT2D eigenvalue weighted by Gasteiger charge is -2.07. The predicted octanol–water partition coefficient (Wildman–Crippen LogP) is 0.827. The zero-order chi connectivity index (χ0) is 11.2. The highest BCUT2D eigenvalue weighted by molar-refractivity contribution is 5.53. The van der Waals surface area contributed by atoms with E-state index in [9.17, 15) is 0 Å². The third kappa shape index (κ3) is 2.69. The number of nitrogens with zero attached hydrogens (tertiary/aromatic N) is 4. The van der Waals surface area contributed by atoms with E-state index in [1.165, 1.54) is 0 Å². The summed E-state index contributed by atoms with van der Waals surface area (Å²) < 4.78 is 1.78. The summed E-state index contributed by atoms with van der Waals surface area (Å²) in [7, 11) is 1.87. The molecular weight excluding hydrogens is 204 g/mol. The summed E-state index contributed by atoms with van der Waals surface area (Å²) in [5.41, 5.74) is 1.98. The van der Waals surface area contributed by atoms with Crippen molar-refractivity contribution in [2.24, 2.45) is 0 Å². The van der Waals surface area contributed by atoms with Crippen LogP contribution < -0.4 is 10.6 Å². The number of rotatable bonds is 5. The molecule has 0 radical (unpaired) electrons. The molecule has 16 heavy (non-hydrogen) atoms. The van der Waals surface area contributed by atoms with E-state index >= 15 is 0 Å². The Morgan fingerprint density at radius 2 is 2.19 bits per heavy atom. The van der Waals surface area contributed by atoms with Crippen LogP contribution >= 0.6 is 0 Å². The SMILES string of the molecule is CNc1cncc(NCCn2ccnn2)c1. The van der Waals surface area contributed by atoms with Crippen molar-refractivity contribution in [3.63, 3.8) is 0 Å². The summed E-state index contributed by atoms with van der Waals surface area (Å²) in [6.07, 6.45) is 7.08. The van der Waals surface area contributed by atoms with Crippen LogP contribution in [0.15, 0.2) is 30.9 Å². The molecule has 0 aliphatic carbocycles. The normalized spacial score (nSPS) is 10.1. The number of hydrogen-bond donors (Lipinski definition) is 2. The van der Waals surface area contributed by atoms with Gasteiger partial charge in [0.2, 0.25) is 0 Å². The topological polar surface area (TPSA) is 67.7 Å². The predicted molar refractivity (Wildman–Crippen MR) is 62.3 cm³/mol. The van der Waals surface area contributed by atoms with Crippen LogP contribution in [0.3, 0.4) is 0 Å². The van der Waals surface area contributed by atoms with Gasteiger partial charge in [-0.3, -0.25) is 9.67 Å². The first-order valence-electron chi connectivity index (χ1n) is 5.09. The molecule has 2 N–H and O–H groups in total. The van der Waals surface area contributed by atoms with Crippen molar-refractivity contribution < 1.29 is 0 Å². The standard InChI is InChI=1S/C10H14N6/c1-11-9-6-10(8-12-7-9)13-2-4-16-5-3-14-15-16/h3,5-8,11,13H,2,4H2,1H3. The van der Waals surface area contributed by atoms with Gasteiger partial charge in [-0.05, 0) is 6.07 Å². The third-order valence-electron chi connectivity index (χ3n) is 2.17. The fourth-order valence-electron chi connectivity index (χ4n) is 1.34. The Bertz CT molecular complexity index is 425. The van der Waals surface area contributed by atoms with Crippen molar-refractivity contribution >= 4 is 11.4 Å². The highest BCUT2D eigenvalue weighted by atomic mass is 15.4. The van der Waals surface area contributed by atoms with Gasteiger partial charge in [-0.2, -0.15) is 0 Å². The van der Waals surface area contributed by atoms with Crippen LogP contribution in [0.1, 0.15) is 0 Å². The molecule has 0 aliphatic rings. The summed E-state index contributed by atoms with van der Waals surface area (Å²) in [6.45, 7) is 1.57. The van der Waals surface area contributed by atoms with Gasteiger partial charge in [0.1, 0.15) is 0 Å². The van der Waals surface area contributed by atoms with Gasteiger partial charge in [0.25, 0.3) is 0 Å². The lowest BCUT2D eigenvalue weighted by Crippen LogP contribution is -2.11. The average Bonchev–Trinajstić information content (AvgIpc) is 2.82. The van der Waals surface area contributed by atoms with Gasteiger partial charge in [0.15, 0.2) is 0 Å². The molecule has 0 bridgehead atoms. The first kappa shape index (κ1) is 10.4. The molecule has 0 fully saturated rings. The van der Waals surface area contributed by atoms with Crippen LogP contribution in [0.5, 0.6) is 0 Å². The molecule has 0 atom stereocenters. The van der Waals surface area contributed by atoms with E-state index in [0.717, 1.165) is 24.5 Å². The smallest absolute Gasteiger partial charge is 0.0692 e. The van der Waals surface area contributed by atoms with Crippen molar-refractivity contribution in [3.8, 4) is 0 Å². The molecule has 2 aromatic rings. The van der Waals surface area contributed by atoms with Gasteiger partial charge in [-0.25, -0.2) is 0 Å². The lowest BCUT2D eigenvalue weighted by atomic mass is 10.3. The Kier molecular flexibility index (Phi) is 3.32. The van der Waals surface area contributed by atoms with Crippen LogP contribution in [0, 0.1) is 0 Å². The molecule has 0 saturated carbocycles. The molecular formula is C10H14N6. The van der Waals surface area contributed by atoms with Gasteiger partial charge in [-0.1, -0.05) is 5.21 Å². The molecule has 0 amide bonds. The zero-order valence-electron chi connectivity index (χ0n) is 9.09. The molecule has 2 rings (SSSR count). The van der Waals surface area contributed by atoms with E-state index in [1.54, 1.807) is 23.3 Å². The Morgan fingerprint density at radius 3 is 2.94 bits per heavy atom.